The Kier molecular flexibility index (Phi) is 6.53. The van der Waals surface area contributed by atoms with Crippen LogP contribution in [0.25, 0.3) is 16.6 Å². The molecule has 9 heteroatoms. The smallest absolute Gasteiger partial charge is 0.124 e. The summed E-state index contributed by atoms with van der Waals surface area (Å²) in [4.78, 5) is 3.71. The van der Waals surface area contributed by atoms with Crippen molar-refractivity contribution in [1.29, 1.82) is 10.5 Å². The Morgan fingerprint density at radius 3 is 2.46 bits per heavy atom. The number of nitriles is 2. The van der Waals surface area contributed by atoms with Gasteiger partial charge >= 0.3 is 0 Å². The molecule has 0 amide bonds. The fourth-order valence-electron chi connectivity index (χ4n) is 5.18. The fourth-order valence-corrected chi connectivity index (χ4v) is 6.25. The minimum Gasteiger partial charge on any atom is -0.304 e. The van der Waals surface area contributed by atoms with Crippen LogP contribution in [0.2, 0.25) is 0 Å². The summed E-state index contributed by atoms with van der Waals surface area (Å²) < 4.78 is 17.6. The minimum absolute atomic E-state index is 0.221. The van der Waals surface area contributed by atoms with Gasteiger partial charge in [-0.05, 0) is 77.9 Å². The van der Waals surface area contributed by atoms with Gasteiger partial charge in [-0.1, -0.05) is 11.8 Å². The number of benzene rings is 1. The van der Waals surface area contributed by atoms with Gasteiger partial charge in [-0.15, -0.1) is 0 Å². The van der Waals surface area contributed by atoms with Crippen molar-refractivity contribution >= 4 is 17.3 Å². The summed E-state index contributed by atoms with van der Waals surface area (Å²) in [5, 5.41) is 28.4. The summed E-state index contributed by atoms with van der Waals surface area (Å²) in [6.45, 7) is 4.42. The Hall–Kier alpha value is -3.66. The van der Waals surface area contributed by atoms with Gasteiger partial charge in [0.15, 0.2) is 0 Å². The number of nitrogens with zero attached hydrogens (tertiary/aromatic N) is 7. The summed E-state index contributed by atoms with van der Waals surface area (Å²) in [5.41, 5.74) is 4.56. The van der Waals surface area contributed by atoms with Crippen LogP contribution in [0.1, 0.15) is 55.5 Å². The maximum atomic E-state index is 13.7. The van der Waals surface area contributed by atoms with Gasteiger partial charge in [-0.3, -0.25) is 4.68 Å². The molecule has 0 aliphatic heterocycles. The van der Waals surface area contributed by atoms with E-state index in [0.29, 0.717) is 22.0 Å². The first-order valence-corrected chi connectivity index (χ1v) is 13.1. The lowest BCUT2D eigenvalue weighted by atomic mass is 9.80. The first kappa shape index (κ1) is 25.0. The van der Waals surface area contributed by atoms with E-state index in [0.717, 1.165) is 47.4 Å². The molecule has 188 valence electrons. The molecule has 1 aliphatic carbocycles. The lowest BCUT2D eigenvalue weighted by molar-refractivity contribution is 0.0961. The average Bonchev–Trinajstić information content (AvgIpc) is 3.48. The predicted octanol–water partition coefficient (Wildman–Crippen LogP) is 5.98. The van der Waals surface area contributed by atoms with Gasteiger partial charge in [-0.25, -0.2) is 8.91 Å². The van der Waals surface area contributed by atoms with E-state index >= 15 is 0 Å². The molecule has 5 rings (SSSR count). The van der Waals surface area contributed by atoms with Crippen LogP contribution in [0.3, 0.4) is 0 Å². The molecule has 0 N–H and O–H groups in total. The lowest BCUT2D eigenvalue weighted by Gasteiger charge is -2.42. The van der Waals surface area contributed by atoms with Crippen molar-refractivity contribution in [3.05, 3.63) is 65.5 Å². The molecule has 4 aromatic rings. The van der Waals surface area contributed by atoms with Gasteiger partial charge in [0.25, 0.3) is 0 Å². The number of halogens is 1. The molecule has 0 spiro atoms. The van der Waals surface area contributed by atoms with E-state index in [4.69, 9.17) is 5.10 Å². The van der Waals surface area contributed by atoms with Gasteiger partial charge in [0.2, 0.25) is 0 Å². The summed E-state index contributed by atoms with van der Waals surface area (Å²) in [6, 6.07) is 10.8. The van der Waals surface area contributed by atoms with E-state index in [1.54, 1.807) is 16.8 Å². The van der Waals surface area contributed by atoms with Gasteiger partial charge in [0.1, 0.15) is 18.0 Å². The van der Waals surface area contributed by atoms with Crippen molar-refractivity contribution in [1.82, 2.24) is 24.3 Å². The maximum Gasteiger partial charge on any atom is 0.124 e. The number of hydrogen-bond acceptors (Lipinski definition) is 6. The van der Waals surface area contributed by atoms with Crippen LogP contribution in [0, 0.1) is 35.4 Å². The molecule has 7 nitrogen and oxygen atoms in total. The number of aromatic nitrogens is 4. The molecule has 0 bridgehead atoms. The third kappa shape index (κ3) is 4.50. The monoisotopic (exact) mass is 513 g/mol. The maximum absolute atomic E-state index is 13.7. The third-order valence-corrected chi connectivity index (χ3v) is 8.90. The SMILES string of the molecule is Cc1c(-c2cc(Sc3ccc(F)cc3C#N)c3c(C#N)cnn3c2)cnn1C1CCC(C)(N(C)C)CC1. The topological polar surface area (TPSA) is 85.9 Å². The van der Waals surface area contributed by atoms with E-state index < -0.39 is 5.82 Å². The van der Waals surface area contributed by atoms with Crippen molar-refractivity contribution in [2.75, 3.05) is 14.1 Å². The highest BCUT2D eigenvalue weighted by Crippen LogP contribution is 2.40. The van der Waals surface area contributed by atoms with E-state index in [1.165, 1.54) is 23.9 Å². The van der Waals surface area contributed by atoms with Gasteiger partial charge in [0, 0.05) is 38.3 Å². The highest BCUT2D eigenvalue weighted by Gasteiger charge is 2.34. The summed E-state index contributed by atoms with van der Waals surface area (Å²) in [6.07, 6.45) is 9.74. The van der Waals surface area contributed by atoms with Crippen molar-refractivity contribution in [2.45, 2.75) is 60.9 Å². The van der Waals surface area contributed by atoms with Crippen LogP contribution in [-0.2, 0) is 0 Å². The molecule has 1 saturated carbocycles. The van der Waals surface area contributed by atoms with Gasteiger partial charge in [-0.2, -0.15) is 20.7 Å². The Morgan fingerprint density at radius 2 is 1.78 bits per heavy atom. The number of rotatable bonds is 5. The van der Waals surface area contributed by atoms with Crippen LogP contribution in [-0.4, -0.2) is 43.9 Å². The highest BCUT2D eigenvalue weighted by atomic mass is 32.2. The van der Waals surface area contributed by atoms with Gasteiger partial charge in [0.05, 0.1) is 35.1 Å². The van der Waals surface area contributed by atoms with E-state index in [-0.39, 0.29) is 11.1 Å². The molecule has 37 heavy (non-hydrogen) atoms. The molecule has 0 saturated heterocycles. The Balaban J connectivity index is 1.54. The summed E-state index contributed by atoms with van der Waals surface area (Å²) >= 11 is 1.33. The van der Waals surface area contributed by atoms with Crippen LogP contribution >= 0.6 is 11.8 Å². The van der Waals surface area contributed by atoms with Crippen molar-refractivity contribution in [3.8, 4) is 23.3 Å². The third-order valence-electron chi connectivity index (χ3n) is 7.79. The zero-order valence-corrected chi connectivity index (χ0v) is 22.2. The molecule has 0 unspecified atom stereocenters. The first-order chi connectivity index (χ1) is 17.7. The standard InChI is InChI=1S/C28H28FN7S/c1-18-24(16-33-36(18)23-7-9-28(2,10-8-23)34(3)4)20-12-26(27-21(14-31)15-32-35(27)17-20)37-25-6-5-22(29)11-19(25)13-30/h5-6,11-12,15-17,23H,7-10H2,1-4H3. The van der Waals surface area contributed by atoms with Crippen molar-refractivity contribution in [2.24, 2.45) is 0 Å². The highest BCUT2D eigenvalue weighted by molar-refractivity contribution is 7.99. The molecule has 1 aromatic carbocycles. The number of fused-ring (bicyclic) bond motifs is 1. The fraction of sp³-hybridized carbons (Fsp3) is 0.357. The molecule has 0 atom stereocenters. The molecule has 3 heterocycles. The second-order valence-corrected chi connectivity index (χ2v) is 11.2. The first-order valence-electron chi connectivity index (χ1n) is 12.2. The number of hydrogen-bond donors (Lipinski definition) is 0. The van der Waals surface area contributed by atoms with Crippen molar-refractivity contribution in [3.63, 3.8) is 0 Å². The Labute approximate surface area is 220 Å². The summed E-state index contributed by atoms with van der Waals surface area (Å²) in [5.74, 6) is -0.460. The average molecular weight is 514 g/mol. The van der Waals surface area contributed by atoms with E-state index in [9.17, 15) is 14.9 Å². The molecule has 1 fully saturated rings. The molecular formula is C28H28FN7S. The molecule has 1 aliphatic rings. The van der Waals surface area contributed by atoms with Crippen LogP contribution in [0.15, 0.2) is 52.6 Å². The molecule has 3 aromatic heterocycles. The zero-order valence-electron chi connectivity index (χ0n) is 21.4. The Morgan fingerprint density at radius 1 is 1.05 bits per heavy atom. The predicted molar refractivity (Wildman–Crippen MR) is 141 cm³/mol. The lowest BCUT2D eigenvalue weighted by Crippen LogP contribution is -2.44. The Bertz CT molecular complexity index is 1560. The quantitative estimate of drug-likeness (QED) is 0.327. The second-order valence-electron chi connectivity index (χ2n) is 10.1. The van der Waals surface area contributed by atoms with E-state index in [2.05, 4.69) is 54.8 Å². The largest absolute Gasteiger partial charge is 0.304 e. The zero-order chi connectivity index (χ0) is 26.3. The normalized spacial score (nSPS) is 19.7. The molecular weight excluding hydrogens is 485 g/mol. The second kappa shape index (κ2) is 9.66. The van der Waals surface area contributed by atoms with Crippen LogP contribution < -0.4 is 0 Å². The van der Waals surface area contributed by atoms with Crippen molar-refractivity contribution < 1.29 is 4.39 Å². The van der Waals surface area contributed by atoms with E-state index in [1.807, 2.05) is 18.5 Å². The van der Waals surface area contributed by atoms with Crippen LogP contribution in [0.4, 0.5) is 4.39 Å². The molecule has 0 radical (unpaired) electrons. The minimum atomic E-state index is -0.460. The van der Waals surface area contributed by atoms with Crippen LogP contribution in [0.5, 0.6) is 0 Å². The number of pyridine rings is 1. The summed E-state index contributed by atoms with van der Waals surface area (Å²) in [7, 11) is 4.31. The van der Waals surface area contributed by atoms with Gasteiger partial charge < -0.3 is 4.90 Å².